The number of fused-ring (bicyclic) bond motifs is 1. The van der Waals surface area contributed by atoms with Gasteiger partial charge in [0, 0.05) is 19.1 Å². The monoisotopic (exact) mass is 258 g/mol. The summed E-state index contributed by atoms with van der Waals surface area (Å²) in [6.45, 7) is 0. The summed E-state index contributed by atoms with van der Waals surface area (Å²) in [4.78, 5) is 14.4. The molecule has 1 aliphatic heterocycles. The van der Waals surface area contributed by atoms with Crippen molar-refractivity contribution in [1.82, 2.24) is 10.2 Å². The number of amides is 1. The average molecular weight is 258 g/mol. The van der Waals surface area contributed by atoms with E-state index in [4.69, 9.17) is 0 Å². The van der Waals surface area contributed by atoms with E-state index in [9.17, 15) is 4.79 Å². The van der Waals surface area contributed by atoms with E-state index in [1.54, 1.807) is 0 Å². The molecule has 1 aromatic carbocycles. The Morgan fingerprint density at radius 2 is 1.95 bits per heavy atom. The molecule has 1 N–H and O–H groups in total. The summed E-state index contributed by atoms with van der Waals surface area (Å²) in [6.07, 6.45) is 5.69. The van der Waals surface area contributed by atoms with E-state index in [0.29, 0.717) is 12.1 Å². The van der Waals surface area contributed by atoms with E-state index in [-0.39, 0.29) is 11.9 Å². The second-order valence-electron chi connectivity index (χ2n) is 5.82. The van der Waals surface area contributed by atoms with Crippen molar-refractivity contribution in [1.29, 1.82) is 0 Å². The Morgan fingerprint density at radius 3 is 2.74 bits per heavy atom. The lowest BCUT2D eigenvalue weighted by Gasteiger charge is -2.46. The molecule has 1 amide bonds. The van der Waals surface area contributed by atoms with Gasteiger partial charge in [0.2, 0.25) is 5.91 Å². The Morgan fingerprint density at radius 1 is 1.21 bits per heavy atom. The number of nitrogens with zero attached hydrogens (tertiary/aromatic N) is 1. The van der Waals surface area contributed by atoms with Gasteiger partial charge in [-0.05, 0) is 24.8 Å². The zero-order valence-corrected chi connectivity index (χ0v) is 11.5. The first-order valence-electron chi connectivity index (χ1n) is 7.32. The topological polar surface area (TPSA) is 32.3 Å². The van der Waals surface area contributed by atoms with Crippen molar-refractivity contribution in [3.8, 4) is 0 Å². The molecule has 1 aliphatic carbocycles. The second-order valence-corrected chi connectivity index (χ2v) is 5.82. The molecule has 3 heteroatoms. The molecule has 0 bridgehead atoms. The fourth-order valence-electron chi connectivity index (χ4n) is 3.50. The zero-order chi connectivity index (χ0) is 13.2. The molecule has 1 aromatic rings. The minimum atomic E-state index is -0.0493. The minimum Gasteiger partial charge on any atom is -0.340 e. The van der Waals surface area contributed by atoms with Crippen molar-refractivity contribution in [3.05, 3.63) is 35.9 Å². The Bertz CT molecular complexity index is 445. The lowest BCUT2D eigenvalue weighted by molar-refractivity contribution is -0.139. The Balaban J connectivity index is 1.73. The molecule has 0 radical (unpaired) electrons. The molecular formula is C16H22N2O. The standard InChI is InChI=1S/C16H22N2O/c1-18-15-10-6-5-9-13(15)17-14(16(18)19)11-12-7-3-2-4-8-12/h2-4,7-8,13-15,17H,5-6,9-11H2,1H3/t13-,14-,15-/m0/s1. The minimum absolute atomic E-state index is 0.0493. The largest absolute Gasteiger partial charge is 0.340 e. The van der Waals surface area contributed by atoms with Gasteiger partial charge in [-0.25, -0.2) is 0 Å². The van der Waals surface area contributed by atoms with Crippen molar-refractivity contribution >= 4 is 5.91 Å². The van der Waals surface area contributed by atoms with E-state index in [1.165, 1.54) is 24.8 Å². The van der Waals surface area contributed by atoms with Crippen molar-refractivity contribution in [3.63, 3.8) is 0 Å². The average Bonchev–Trinajstić information content (AvgIpc) is 2.46. The third-order valence-corrected chi connectivity index (χ3v) is 4.57. The molecule has 0 aromatic heterocycles. The lowest BCUT2D eigenvalue weighted by Crippen LogP contribution is -2.65. The molecule has 0 spiro atoms. The number of nitrogens with one attached hydrogen (secondary N) is 1. The van der Waals surface area contributed by atoms with Crippen LogP contribution >= 0.6 is 0 Å². The number of hydrogen-bond acceptors (Lipinski definition) is 2. The molecule has 2 aliphatic rings. The summed E-state index contributed by atoms with van der Waals surface area (Å²) in [7, 11) is 1.98. The number of carbonyl (C=O) groups is 1. The van der Waals surface area contributed by atoms with Gasteiger partial charge in [0.05, 0.1) is 6.04 Å². The van der Waals surface area contributed by atoms with Gasteiger partial charge in [0.1, 0.15) is 0 Å². The van der Waals surface area contributed by atoms with Crippen LogP contribution in [0.2, 0.25) is 0 Å². The maximum atomic E-state index is 12.4. The van der Waals surface area contributed by atoms with Crippen LogP contribution in [-0.4, -0.2) is 36.0 Å². The van der Waals surface area contributed by atoms with Crippen LogP contribution in [0.5, 0.6) is 0 Å². The van der Waals surface area contributed by atoms with E-state index in [0.717, 1.165) is 12.8 Å². The van der Waals surface area contributed by atoms with Crippen LogP contribution in [0.4, 0.5) is 0 Å². The SMILES string of the molecule is CN1C(=O)[C@H](Cc2ccccc2)N[C@H]2CCCC[C@@H]21. The van der Waals surface area contributed by atoms with Gasteiger partial charge in [-0.3, -0.25) is 4.79 Å². The molecule has 0 unspecified atom stereocenters. The fraction of sp³-hybridized carbons (Fsp3) is 0.562. The van der Waals surface area contributed by atoms with Crippen molar-refractivity contribution in [2.45, 2.75) is 50.2 Å². The summed E-state index contributed by atoms with van der Waals surface area (Å²) < 4.78 is 0. The third-order valence-electron chi connectivity index (χ3n) is 4.57. The fourth-order valence-corrected chi connectivity index (χ4v) is 3.50. The maximum Gasteiger partial charge on any atom is 0.240 e. The first-order valence-corrected chi connectivity index (χ1v) is 7.32. The van der Waals surface area contributed by atoms with Crippen LogP contribution in [0.25, 0.3) is 0 Å². The highest BCUT2D eigenvalue weighted by Gasteiger charge is 2.39. The Labute approximate surface area is 115 Å². The van der Waals surface area contributed by atoms with Crippen LogP contribution in [0.3, 0.4) is 0 Å². The van der Waals surface area contributed by atoms with E-state index >= 15 is 0 Å². The molecule has 102 valence electrons. The lowest BCUT2D eigenvalue weighted by atomic mass is 9.85. The van der Waals surface area contributed by atoms with Crippen LogP contribution in [0.15, 0.2) is 30.3 Å². The van der Waals surface area contributed by atoms with Crippen molar-refractivity contribution in [2.75, 3.05) is 7.05 Å². The van der Waals surface area contributed by atoms with Gasteiger partial charge in [-0.15, -0.1) is 0 Å². The molecule has 1 heterocycles. The molecule has 3 nitrogen and oxygen atoms in total. The first kappa shape index (κ1) is 12.7. The Hall–Kier alpha value is -1.35. The molecule has 1 saturated heterocycles. The second kappa shape index (κ2) is 5.33. The molecular weight excluding hydrogens is 236 g/mol. The third kappa shape index (κ3) is 2.52. The summed E-state index contributed by atoms with van der Waals surface area (Å²) in [5.74, 6) is 0.256. The van der Waals surface area contributed by atoms with E-state index in [1.807, 2.05) is 30.1 Å². The highest BCUT2D eigenvalue weighted by atomic mass is 16.2. The summed E-state index contributed by atoms with van der Waals surface area (Å²) >= 11 is 0. The first-order chi connectivity index (χ1) is 9.25. The van der Waals surface area contributed by atoms with Crippen LogP contribution in [0, 0.1) is 0 Å². The normalized spacial score (nSPS) is 31.1. The number of rotatable bonds is 2. The van der Waals surface area contributed by atoms with E-state index < -0.39 is 0 Å². The van der Waals surface area contributed by atoms with Gasteiger partial charge in [-0.2, -0.15) is 0 Å². The van der Waals surface area contributed by atoms with Gasteiger partial charge < -0.3 is 10.2 Å². The van der Waals surface area contributed by atoms with Crippen molar-refractivity contribution < 1.29 is 4.79 Å². The predicted octanol–water partition coefficient (Wildman–Crippen LogP) is 1.97. The predicted molar refractivity (Wildman–Crippen MR) is 75.9 cm³/mol. The van der Waals surface area contributed by atoms with Gasteiger partial charge >= 0.3 is 0 Å². The van der Waals surface area contributed by atoms with Crippen molar-refractivity contribution in [2.24, 2.45) is 0 Å². The molecule has 2 fully saturated rings. The smallest absolute Gasteiger partial charge is 0.240 e. The Kier molecular flexibility index (Phi) is 3.56. The molecule has 3 atom stereocenters. The van der Waals surface area contributed by atoms with Crippen LogP contribution < -0.4 is 5.32 Å². The van der Waals surface area contributed by atoms with Gasteiger partial charge in [0.15, 0.2) is 0 Å². The van der Waals surface area contributed by atoms with Gasteiger partial charge in [-0.1, -0.05) is 43.2 Å². The van der Waals surface area contributed by atoms with Crippen LogP contribution in [0.1, 0.15) is 31.2 Å². The summed E-state index contributed by atoms with van der Waals surface area (Å²) in [5.41, 5.74) is 1.23. The molecule has 1 saturated carbocycles. The zero-order valence-electron chi connectivity index (χ0n) is 11.5. The number of benzene rings is 1. The number of carbonyl (C=O) groups excluding carboxylic acids is 1. The number of likely N-dealkylation sites (N-methyl/N-ethyl adjacent to an activating group) is 1. The molecule has 19 heavy (non-hydrogen) atoms. The summed E-state index contributed by atoms with van der Waals surface area (Å²) in [6, 6.07) is 11.1. The van der Waals surface area contributed by atoms with Gasteiger partial charge in [0.25, 0.3) is 0 Å². The number of hydrogen-bond donors (Lipinski definition) is 1. The quantitative estimate of drug-likeness (QED) is 0.879. The van der Waals surface area contributed by atoms with E-state index in [2.05, 4.69) is 17.4 Å². The molecule has 3 rings (SSSR count). The highest BCUT2D eigenvalue weighted by Crippen LogP contribution is 2.27. The van der Waals surface area contributed by atoms with Crippen LogP contribution in [-0.2, 0) is 11.2 Å². The highest BCUT2D eigenvalue weighted by molar-refractivity contribution is 5.83. The number of piperazine rings is 1. The summed E-state index contributed by atoms with van der Waals surface area (Å²) in [5, 5.41) is 3.59. The maximum absolute atomic E-state index is 12.4.